The predicted octanol–water partition coefficient (Wildman–Crippen LogP) is 5.43. The summed E-state index contributed by atoms with van der Waals surface area (Å²) in [6.07, 6.45) is 0. The molecule has 3 aromatic carbocycles. The Balaban J connectivity index is 0.00000108. The molecule has 0 aliphatic carbocycles. The third-order valence-electron chi connectivity index (χ3n) is 3.06. The number of hydrogen-bond acceptors (Lipinski definition) is 0. The molecule has 0 saturated heterocycles. The summed E-state index contributed by atoms with van der Waals surface area (Å²) >= 11 is 0. The molecule has 0 unspecified atom stereocenters. The fourth-order valence-corrected chi connectivity index (χ4v) is 2.36. The molecule has 98 valence electrons. The molecule has 1 heteroatoms. The van der Waals surface area contributed by atoms with Crippen molar-refractivity contribution in [2.45, 2.75) is 6.92 Å². The van der Waals surface area contributed by atoms with Crippen molar-refractivity contribution in [3.63, 3.8) is 0 Å². The average molecular weight is 414 g/mol. The number of aryl methyl sites for hydroxylation is 1. The summed E-state index contributed by atoms with van der Waals surface area (Å²) in [5.74, 6) is 0. The van der Waals surface area contributed by atoms with Crippen LogP contribution in [0.25, 0.3) is 21.9 Å². The van der Waals surface area contributed by atoms with Crippen molar-refractivity contribution < 1.29 is 25.8 Å². The maximum Gasteiger partial charge on any atom is 0 e. The van der Waals surface area contributed by atoms with Gasteiger partial charge in [-0.25, -0.2) is 0 Å². The van der Waals surface area contributed by atoms with Gasteiger partial charge in [0, 0.05) is 25.8 Å². The molecule has 0 heterocycles. The SMILES string of the molecule is Cc1[cH-]c2ccccc2c1-c1ccccc1.[CH3-].[CH3-].[Hf]. The van der Waals surface area contributed by atoms with Crippen LogP contribution in [0.3, 0.4) is 0 Å². The predicted molar refractivity (Wildman–Crippen MR) is 82.5 cm³/mol. The van der Waals surface area contributed by atoms with Crippen molar-refractivity contribution >= 4 is 10.8 Å². The van der Waals surface area contributed by atoms with E-state index in [4.69, 9.17) is 0 Å². The first-order valence-corrected chi connectivity index (χ1v) is 5.57. The van der Waals surface area contributed by atoms with E-state index in [2.05, 4.69) is 67.6 Å². The Morgan fingerprint density at radius 1 is 0.789 bits per heavy atom. The van der Waals surface area contributed by atoms with Crippen LogP contribution in [0.5, 0.6) is 0 Å². The molecule has 0 spiro atoms. The molecule has 0 radical (unpaired) electrons. The number of hydrogen-bond donors (Lipinski definition) is 0. The van der Waals surface area contributed by atoms with E-state index in [0.29, 0.717) is 0 Å². The standard InChI is InChI=1S/C16H13.2CH3.Hf/c1-12-11-14-9-5-6-10-15(14)16(12)13-7-3-2-4-8-13;;;/h2-11H,1H3;2*1H3;/q3*-1;. The summed E-state index contributed by atoms with van der Waals surface area (Å²) in [5.41, 5.74) is 4.03. The fraction of sp³-hybridized carbons (Fsp3) is 0.0556. The molecule has 19 heavy (non-hydrogen) atoms. The first-order chi connectivity index (χ1) is 7.86. The van der Waals surface area contributed by atoms with Crippen molar-refractivity contribution in [1.82, 2.24) is 0 Å². The van der Waals surface area contributed by atoms with Crippen molar-refractivity contribution in [3.05, 3.63) is 81.1 Å². The number of benzene rings is 2. The molecule has 3 aromatic rings. The summed E-state index contributed by atoms with van der Waals surface area (Å²) in [4.78, 5) is 0. The molecule has 0 aliphatic rings. The molecular weight excluding hydrogens is 395 g/mol. The summed E-state index contributed by atoms with van der Waals surface area (Å²) in [5, 5.41) is 2.69. The van der Waals surface area contributed by atoms with Gasteiger partial charge in [-0.1, -0.05) is 48.9 Å². The van der Waals surface area contributed by atoms with E-state index in [0.717, 1.165) is 0 Å². The van der Waals surface area contributed by atoms with Crippen LogP contribution in [-0.4, -0.2) is 0 Å². The molecule has 0 bridgehead atoms. The zero-order chi connectivity index (χ0) is 11.0. The van der Waals surface area contributed by atoms with E-state index in [1.807, 2.05) is 0 Å². The molecule has 0 N–H and O–H groups in total. The van der Waals surface area contributed by atoms with Gasteiger partial charge in [-0.05, 0) is 0 Å². The summed E-state index contributed by atoms with van der Waals surface area (Å²) in [6, 6.07) is 21.4. The van der Waals surface area contributed by atoms with Crippen molar-refractivity contribution in [2.24, 2.45) is 0 Å². The molecule has 0 nitrogen and oxygen atoms in total. The van der Waals surface area contributed by atoms with Gasteiger partial charge in [-0.2, -0.15) is 0 Å². The van der Waals surface area contributed by atoms with Crippen molar-refractivity contribution in [2.75, 3.05) is 0 Å². The molecular formula is C18H19Hf-3. The maximum absolute atomic E-state index is 2.26. The van der Waals surface area contributed by atoms with Gasteiger partial charge in [0.2, 0.25) is 0 Å². The second kappa shape index (κ2) is 7.49. The largest absolute Gasteiger partial charge is 0.358 e. The van der Waals surface area contributed by atoms with Gasteiger partial charge in [-0.3, -0.25) is 0 Å². The Morgan fingerprint density at radius 3 is 2.05 bits per heavy atom. The van der Waals surface area contributed by atoms with Crippen molar-refractivity contribution in [3.8, 4) is 11.1 Å². The number of fused-ring (bicyclic) bond motifs is 1. The zero-order valence-electron chi connectivity index (χ0n) is 11.8. The third kappa shape index (κ3) is 3.27. The second-order valence-corrected chi connectivity index (χ2v) is 4.16. The van der Waals surface area contributed by atoms with Crippen LogP contribution < -0.4 is 0 Å². The quantitative estimate of drug-likeness (QED) is 0.368. The fourth-order valence-electron chi connectivity index (χ4n) is 2.36. The first kappa shape index (κ1) is 17.9. The first-order valence-electron chi connectivity index (χ1n) is 5.57. The molecule has 0 aliphatic heterocycles. The van der Waals surface area contributed by atoms with Crippen LogP contribution in [0.2, 0.25) is 0 Å². The molecule has 0 fully saturated rings. The van der Waals surface area contributed by atoms with E-state index in [1.54, 1.807) is 0 Å². The van der Waals surface area contributed by atoms with Crippen LogP contribution in [0.15, 0.2) is 60.7 Å². The third-order valence-corrected chi connectivity index (χ3v) is 3.06. The molecule has 0 aromatic heterocycles. The van der Waals surface area contributed by atoms with Gasteiger partial charge in [0.25, 0.3) is 0 Å². The van der Waals surface area contributed by atoms with Crippen LogP contribution in [-0.2, 0) is 25.8 Å². The van der Waals surface area contributed by atoms with Gasteiger partial charge in [-0.15, -0.1) is 46.2 Å². The van der Waals surface area contributed by atoms with Gasteiger partial charge in [0.1, 0.15) is 0 Å². The van der Waals surface area contributed by atoms with Crippen molar-refractivity contribution in [1.29, 1.82) is 0 Å². The minimum Gasteiger partial charge on any atom is -0.358 e. The van der Waals surface area contributed by atoms with Gasteiger partial charge in [0.15, 0.2) is 0 Å². The number of rotatable bonds is 1. The monoisotopic (exact) mass is 415 g/mol. The molecule has 0 amide bonds. The topological polar surface area (TPSA) is 0 Å². The Bertz CT molecular complexity index is 620. The van der Waals surface area contributed by atoms with Crippen LogP contribution in [0.4, 0.5) is 0 Å². The van der Waals surface area contributed by atoms with Crippen LogP contribution in [0, 0.1) is 21.8 Å². The second-order valence-electron chi connectivity index (χ2n) is 4.16. The normalized spacial score (nSPS) is 9.11. The van der Waals surface area contributed by atoms with Gasteiger partial charge >= 0.3 is 0 Å². The van der Waals surface area contributed by atoms with E-state index in [-0.39, 0.29) is 40.7 Å². The van der Waals surface area contributed by atoms with E-state index in [1.165, 1.54) is 27.5 Å². The van der Waals surface area contributed by atoms with E-state index in [9.17, 15) is 0 Å². The minimum absolute atomic E-state index is 0. The van der Waals surface area contributed by atoms with Crippen LogP contribution in [0.1, 0.15) is 5.56 Å². The Kier molecular flexibility index (Phi) is 7.07. The molecule has 0 saturated carbocycles. The van der Waals surface area contributed by atoms with E-state index >= 15 is 0 Å². The zero-order valence-corrected chi connectivity index (χ0v) is 15.4. The van der Waals surface area contributed by atoms with Gasteiger partial charge in [0.05, 0.1) is 0 Å². The Hall–Kier alpha value is -1.08. The average Bonchev–Trinajstić information content (AvgIpc) is 2.66. The summed E-state index contributed by atoms with van der Waals surface area (Å²) < 4.78 is 0. The summed E-state index contributed by atoms with van der Waals surface area (Å²) in [6.45, 7) is 2.18. The Labute approximate surface area is 135 Å². The van der Waals surface area contributed by atoms with E-state index < -0.39 is 0 Å². The molecule has 3 rings (SSSR count). The summed E-state index contributed by atoms with van der Waals surface area (Å²) in [7, 11) is 0. The Morgan fingerprint density at radius 2 is 1.37 bits per heavy atom. The minimum atomic E-state index is 0. The van der Waals surface area contributed by atoms with Gasteiger partial charge < -0.3 is 14.9 Å². The maximum atomic E-state index is 2.26. The smallest absolute Gasteiger partial charge is 0 e. The molecule has 0 atom stereocenters. The van der Waals surface area contributed by atoms with Crippen LogP contribution >= 0.6 is 0 Å².